The van der Waals surface area contributed by atoms with E-state index < -0.39 is 27.0 Å². The van der Waals surface area contributed by atoms with Crippen molar-refractivity contribution in [1.82, 2.24) is 14.8 Å². The maximum Gasteiger partial charge on any atom is 0.227 e. The second kappa shape index (κ2) is 7.84. The van der Waals surface area contributed by atoms with Gasteiger partial charge in [-0.2, -0.15) is 0 Å². The molecular formula is C18H25FN4O3S. The minimum atomic E-state index is -3.11. The Morgan fingerprint density at radius 2 is 2.07 bits per heavy atom. The summed E-state index contributed by atoms with van der Waals surface area (Å²) in [6.45, 7) is 5.49. The van der Waals surface area contributed by atoms with Crippen LogP contribution in [-0.4, -0.2) is 47.8 Å². The zero-order valence-electron chi connectivity index (χ0n) is 15.8. The molecule has 0 bridgehead atoms. The van der Waals surface area contributed by atoms with Crippen molar-refractivity contribution < 1.29 is 17.5 Å². The molecule has 0 spiro atoms. The lowest BCUT2D eigenvalue weighted by molar-refractivity contribution is 0.201. The maximum absolute atomic E-state index is 13.9. The molecule has 2 heterocycles. The fourth-order valence-corrected chi connectivity index (χ4v) is 4.44. The molecule has 0 amide bonds. The predicted octanol–water partition coefficient (Wildman–Crippen LogP) is 2.59. The fourth-order valence-electron chi connectivity index (χ4n) is 3.40. The van der Waals surface area contributed by atoms with E-state index >= 15 is 0 Å². The summed E-state index contributed by atoms with van der Waals surface area (Å²) in [5.74, 6) is 0.938. The highest BCUT2D eigenvalue weighted by molar-refractivity contribution is 7.91. The van der Waals surface area contributed by atoms with Crippen LogP contribution in [0.15, 0.2) is 24.3 Å². The van der Waals surface area contributed by atoms with E-state index in [4.69, 9.17) is 4.74 Å². The number of aromatic nitrogens is 3. The van der Waals surface area contributed by atoms with Gasteiger partial charge in [0, 0.05) is 25.9 Å². The Balaban J connectivity index is 1.83. The van der Waals surface area contributed by atoms with Crippen molar-refractivity contribution in [1.29, 1.82) is 0 Å². The molecule has 7 nitrogen and oxygen atoms in total. The Hall–Kier alpha value is -2.16. The topological polar surface area (TPSA) is 77.3 Å². The molecule has 1 aromatic heterocycles. The lowest BCUT2D eigenvalue weighted by atomic mass is 10.1. The molecule has 27 heavy (non-hydrogen) atoms. The SMILES string of the molecule is CCn1c([C@H](C)Oc2ccccc2F)nnc1N1CCC[C@H](S(C)(=O)=O)C1. The number of benzene rings is 1. The van der Waals surface area contributed by atoms with Crippen LogP contribution < -0.4 is 9.64 Å². The zero-order chi connectivity index (χ0) is 19.6. The highest BCUT2D eigenvalue weighted by Crippen LogP contribution is 2.27. The Bertz CT molecular complexity index is 900. The van der Waals surface area contributed by atoms with Crippen molar-refractivity contribution in [2.45, 2.75) is 44.6 Å². The number of nitrogens with zero attached hydrogens (tertiary/aromatic N) is 4. The van der Waals surface area contributed by atoms with Gasteiger partial charge in [-0.15, -0.1) is 10.2 Å². The van der Waals surface area contributed by atoms with Gasteiger partial charge in [-0.05, 0) is 38.8 Å². The van der Waals surface area contributed by atoms with Crippen LogP contribution in [0.2, 0.25) is 0 Å². The Kier molecular flexibility index (Phi) is 5.69. The fraction of sp³-hybridized carbons (Fsp3) is 0.556. The van der Waals surface area contributed by atoms with Gasteiger partial charge in [0.2, 0.25) is 5.95 Å². The number of sulfone groups is 1. The minimum Gasteiger partial charge on any atom is -0.480 e. The number of piperidine rings is 1. The lowest BCUT2D eigenvalue weighted by Crippen LogP contribution is -2.43. The van der Waals surface area contributed by atoms with E-state index in [-0.39, 0.29) is 5.75 Å². The number of para-hydroxylation sites is 1. The van der Waals surface area contributed by atoms with Crippen molar-refractivity contribution >= 4 is 15.8 Å². The molecule has 0 saturated carbocycles. The summed E-state index contributed by atoms with van der Waals surface area (Å²) in [4.78, 5) is 1.96. The predicted molar refractivity (Wildman–Crippen MR) is 101 cm³/mol. The molecular weight excluding hydrogens is 371 g/mol. The largest absolute Gasteiger partial charge is 0.480 e. The van der Waals surface area contributed by atoms with Crippen LogP contribution in [0.3, 0.4) is 0 Å². The summed E-state index contributed by atoms with van der Waals surface area (Å²) >= 11 is 0. The normalized spacial score (nSPS) is 19.1. The van der Waals surface area contributed by atoms with Crippen molar-refractivity contribution in [3.8, 4) is 5.75 Å². The van der Waals surface area contributed by atoms with Gasteiger partial charge in [0.15, 0.2) is 33.3 Å². The van der Waals surface area contributed by atoms with Crippen molar-refractivity contribution in [2.24, 2.45) is 0 Å². The van der Waals surface area contributed by atoms with Gasteiger partial charge < -0.3 is 9.64 Å². The number of rotatable bonds is 6. The molecule has 2 atom stereocenters. The third kappa shape index (κ3) is 4.23. The van der Waals surface area contributed by atoms with E-state index in [9.17, 15) is 12.8 Å². The molecule has 0 aliphatic carbocycles. The van der Waals surface area contributed by atoms with Gasteiger partial charge in [0.05, 0.1) is 5.25 Å². The van der Waals surface area contributed by atoms with Gasteiger partial charge in [0.25, 0.3) is 0 Å². The maximum atomic E-state index is 13.9. The van der Waals surface area contributed by atoms with Gasteiger partial charge >= 0.3 is 0 Å². The lowest BCUT2D eigenvalue weighted by Gasteiger charge is -2.32. The monoisotopic (exact) mass is 396 g/mol. The third-order valence-corrected chi connectivity index (χ3v) is 6.44. The van der Waals surface area contributed by atoms with Gasteiger partial charge in [0.1, 0.15) is 0 Å². The summed E-state index contributed by atoms with van der Waals surface area (Å²) in [6.07, 6.45) is 2.22. The Morgan fingerprint density at radius 3 is 2.74 bits per heavy atom. The first-order valence-electron chi connectivity index (χ1n) is 9.09. The van der Waals surface area contributed by atoms with E-state index in [0.29, 0.717) is 31.3 Å². The standard InChI is InChI=1S/C18H25FN4O3S/c1-4-23-17(13(2)26-16-10-6-5-9-15(16)19)20-21-18(23)22-11-7-8-14(12-22)27(3,24)25/h5-6,9-10,13-14H,4,7-8,11-12H2,1-3H3/t13-,14-/m0/s1. The van der Waals surface area contributed by atoms with E-state index in [2.05, 4.69) is 10.2 Å². The van der Waals surface area contributed by atoms with Crippen LogP contribution in [0.25, 0.3) is 0 Å². The molecule has 3 rings (SSSR count). The molecule has 0 radical (unpaired) electrons. The average molecular weight is 396 g/mol. The zero-order valence-corrected chi connectivity index (χ0v) is 16.6. The van der Waals surface area contributed by atoms with Gasteiger partial charge in [-0.25, -0.2) is 12.8 Å². The van der Waals surface area contributed by atoms with E-state index in [0.717, 1.165) is 13.0 Å². The number of hydrogen-bond acceptors (Lipinski definition) is 6. The second-order valence-electron chi connectivity index (χ2n) is 6.83. The quantitative estimate of drug-likeness (QED) is 0.747. The molecule has 0 unspecified atom stereocenters. The number of anilines is 1. The van der Waals surface area contributed by atoms with Crippen LogP contribution in [0.4, 0.5) is 10.3 Å². The van der Waals surface area contributed by atoms with Crippen LogP contribution in [0.1, 0.15) is 38.6 Å². The summed E-state index contributed by atoms with van der Waals surface area (Å²) in [5.41, 5.74) is 0. The van der Waals surface area contributed by atoms with Crippen LogP contribution in [0, 0.1) is 5.82 Å². The Morgan fingerprint density at radius 1 is 1.33 bits per heavy atom. The highest BCUT2D eigenvalue weighted by atomic mass is 32.2. The first-order valence-corrected chi connectivity index (χ1v) is 11.0. The minimum absolute atomic E-state index is 0.160. The first kappa shape index (κ1) is 19.6. The summed E-state index contributed by atoms with van der Waals surface area (Å²) in [5, 5.41) is 8.13. The third-order valence-electron chi connectivity index (χ3n) is 4.85. The molecule has 2 aromatic rings. The van der Waals surface area contributed by atoms with Crippen molar-refractivity contribution in [2.75, 3.05) is 24.2 Å². The number of ether oxygens (including phenoxy) is 1. The van der Waals surface area contributed by atoms with E-state index in [1.165, 1.54) is 12.3 Å². The molecule has 0 N–H and O–H groups in total. The van der Waals surface area contributed by atoms with Crippen molar-refractivity contribution in [3.63, 3.8) is 0 Å². The molecule has 148 valence electrons. The molecule has 1 saturated heterocycles. The molecule has 1 aliphatic rings. The average Bonchev–Trinajstić information content (AvgIpc) is 3.07. The Labute approximate surface area is 159 Å². The van der Waals surface area contributed by atoms with Gasteiger partial charge in [-0.3, -0.25) is 4.57 Å². The summed E-state index contributed by atoms with van der Waals surface area (Å²) in [6, 6.07) is 6.23. The molecule has 1 fully saturated rings. The van der Waals surface area contributed by atoms with Crippen molar-refractivity contribution in [3.05, 3.63) is 35.9 Å². The summed E-state index contributed by atoms with van der Waals surface area (Å²) < 4.78 is 45.4. The molecule has 1 aliphatic heterocycles. The van der Waals surface area contributed by atoms with E-state index in [1.54, 1.807) is 25.1 Å². The smallest absolute Gasteiger partial charge is 0.227 e. The summed E-state index contributed by atoms with van der Waals surface area (Å²) in [7, 11) is -3.11. The second-order valence-corrected chi connectivity index (χ2v) is 9.16. The molecule has 9 heteroatoms. The highest BCUT2D eigenvalue weighted by Gasteiger charge is 2.31. The van der Waals surface area contributed by atoms with Crippen LogP contribution >= 0.6 is 0 Å². The van der Waals surface area contributed by atoms with Crippen LogP contribution in [0.5, 0.6) is 5.75 Å². The van der Waals surface area contributed by atoms with E-state index in [1.807, 2.05) is 16.4 Å². The van der Waals surface area contributed by atoms with Crippen LogP contribution in [-0.2, 0) is 16.4 Å². The molecule has 1 aromatic carbocycles. The number of hydrogen-bond donors (Lipinski definition) is 0. The first-order chi connectivity index (χ1) is 12.8. The van der Waals surface area contributed by atoms with Gasteiger partial charge in [-0.1, -0.05) is 12.1 Å². The number of halogens is 1.